The molecule has 0 aliphatic heterocycles. The number of hydrogen-bond acceptors (Lipinski definition) is 5. The van der Waals surface area contributed by atoms with Gasteiger partial charge in [0.15, 0.2) is 0 Å². The minimum atomic E-state index is 0.621. The highest BCUT2D eigenvalue weighted by Gasteiger charge is 2.05. The summed E-state index contributed by atoms with van der Waals surface area (Å²) in [6, 6.07) is 7.77. The van der Waals surface area contributed by atoms with Gasteiger partial charge in [0.2, 0.25) is 5.95 Å². The van der Waals surface area contributed by atoms with Crippen molar-refractivity contribution in [3.63, 3.8) is 0 Å². The third-order valence-corrected chi connectivity index (χ3v) is 2.38. The minimum Gasteiger partial charge on any atom is -0.357 e. The van der Waals surface area contributed by atoms with Crippen LogP contribution in [0.15, 0.2) is 36.7 Å². The van der Waals surface area contributed by atoms with Crippen molar-refractivity contribution in [2.45, 2.75) is 6.54 Å². The molecule has 0 radical (unpaired) electrons. The van der Waals surface area contributed by atoms with Crippen LogP contribution in [0.25, 0.3) is 0 Å². The molecule has 88 valence electrons. The summed E-state index contributed by atoms with van der Waals surface area (Å²) >= 11 is 0. The monoisotopic (exact) mass is 229 g/mol. The summed E-state index contributed by atoms with van der Waals surface area (Å²) in [5, 5.41) is 2.92. The van der Waals surface area contributed by atoms with Gasteiger partial charge in [0.1, 0.15) is 5.82 Å². The first kappa shape index (κ1) is 11.3. The first-order valence-corrected chi connectivity index (χ1v) is 5.41. The highest BCUT2D eigenvalue weighted by molar-refractivity contribution is 5.41. The van der Waals surface area contributed by atoms with Gasteiger partial charge in [0.05, 0.1) is 12.2 Å². The molecule has 2 heterocycles. The summed E-state index contributed by atoms with van der Waals surface area (Å²) in [5.74, 6) is 1.49. The molecule has 0 aliphatic carbocycles. The molecular weight excluding hydrogens is 214 g/mol. The third-order valence-electron chi connectivity index (χ3n) is 2.38. The lowest BCUT2D eigenvalue weighted by Crippen LogP contribution is -2.18. The van der Waals surface area contributed by atoms with Crippen LogP contribution in [0.2, 0.25) is 0 Å². The average molecular weight is 229 g/mol. The Morgan fingerprint density at radius 1 is 1.18 bits per heavy atom. The van der Waals surface area contributed by atoms with Crippen molar-refractivity contribution in [3.8, 4) is 0 Å². The van der Waals surface area contributed by atoms with Crippen molar-refractivity contribution in [3.05, 3.63) is 42.4 Å². The molecule has 2 aromatic heterocycles. The Morgan fingerprint density at radius 3 is 2.76 bits per heavy atom. The molecule has 0 unspecified atom stereocenters. The van der Waals surface area contributed by atoms with Crippen LogP contribution >= 0.6 is 0 Å². The predicted molar refractivity (Wildman–Crippen MR) is 67.9 cm³/mol. The topological polar surface area (TPSA) is 53.9 Å². The average Bonchev–Trinajstić information content (AvgIpc) is 2.40. The first-order valence-electron chi connectivity index (χ1n) is 5.41. The van der Waals surface area contributed by atoms with Crippen LogP contribution < -0.4 is 10.2 Å². The van der Waals surface area contributed by atoms with Gasteiger partial charge in [-0.3, -0.25) is 4.98 Å². The van der Waals surface area contributed by atoms with Gasteiger partial charge < -0.3 is 10.2 Å². The maximum atomic E-state index is 4.36. The Bertz CT molecular complexity index is 471. The lowest BCUT2D eigenvalue weighted by atomic mass is 10.3. The molecule has 1 N–H and O–H groups in total. The van der Waals surface area contributed by atoms with E-state index in [4.69, 9.17) is 0 Å². The fourth-order valence-corrected chi connectivity index (χ4v) is 1.50. The summed E-state index contributed by atoms with van der Waals surface area (Å²) in [6.07, 6.45) is 3.53. The van der Waals surface area contributed by atoms with Crippen LogP contribution in [0, 0.1) is 0 Å². The van der Waals surface area contributed by atoms with Crippen molar-refractivity contribution < 1.29 is 0 Å². The molecule has 0 fully saturated rings. The lowest BCUT2D eigenvalue weighted by Gasteiger charge is -2.17. The van der Waals surface area contributed by atoms with Gasteiger partial charge >= 0.3 is 0 Å². The van der Waals surface area contributed by atoms with Gasteiger partial charge in [-0.1, -0.05) is 6.07 Å². The summed E-state index contributed by atoms with van der Waals surface area (Å²) in [7, 11) is 3.79. The van der Waals surface area contributed by atoms with Crippen LogP contribution in [-0.4, -0.2) is 29.0 Å². The van der Waals surface area contributed by atoms with Gasteiger partial charge in [0.25, 0.3) is 0 Å². The Hall–Kier alpha value is -2.17. The molecule has 17 heavy (non-hydrogen) atoms. The van der Waals surface area contributed by atoms with Gasteiger partial charge in [-0.15, -0.1) is 0 Å². The molecule has 2 aromatic rings. The molecule has 2 rings (SSSR count). The van der Waals surface area contributed by atoms with Crippen LogP contribution in [0.1, 0.15) is 5.69 Å². The molecule has 0 aliphatic rings. The van der Waals surface area contributed by atoms with Crippen LogP contribution in [0.3, 0.4) is 0 Å². The molecule has 0 saturated carbocycles. The Balaban J connectivity index is 2.11. The second-order valence-electron chi connectivity index (χ2n) is 3.67. The van der Waals surface area contributed by atoms with Crippen molar-refractivity contribution in [1.82, 2.24) is 15.0 Å². The number of rotatable bonds is 4. The van der Waals surface area contributed by atoms with Crippen molar-refractivity contribution in [2.24, 2.45) is 0 Å². The highest BCUT2D eigenvalue weighted by atomic mass is 15.2. The van der Waals surface area contributed by atoms with E-state index in [9.17, 15) is 0 Å². The second-order valence-corrected chi connectivity index (χ2v) is 3.67. The number of aromatic nitrogens is 3. The van der Waals surface area contributed by atoms with E-state index < -0.39 is 0 Å². The molecule has 0 spiro atoms. The third kappa shape index (κ3) is 2.90. The van der Waals surface area contributed by atoms with E-state index >= 15 is 0 Å². The van der Waals surface area contributed by atoms with Crippen LogP contribution in [0.4, 0.5) is 11.8 Å². The van der Waals surface area contributed by atoms with Crippen molar-refractivity contribution in [2.75, 3.05) is 24.3 Å². The molecular formula is C12H15N5. The number of nitrogens with zero attached hydrogens (tertiary/aromatic N) is 4. The molecule has 0 bridgehead atoms. The first-order chi connectivity index (χ1) is 8.29. The van der Waals surface area contributed by atoms with Gasteiger partial charge in [0, 0.05) is 26.5 Å². The largest absolute Gasteiger partial charge is 0.357 e. The maximum absolute atomic E-state index is 4.36. The Kier molecular flexibility index (Phi) is 3.49. The van der Waals surface area contributed by atoms with E-state index in [1.165, 1.54) is 0 Å². The number of nitrogens with one attached hydrogen (secondary N) is 1. The van der Waals surface area contributed by atoms with Crippen molar-refractivity contribution >= 4 is 11.8 Å². The molecule has 5 nitrogen and oxygen atoms in total. The number of pyridine rings is 1. The summed E-state index contributed by atoms with van der Waals surface area (Å²) < 4.78 is 0. The normalized spacial score (nSPS) is 10.0. The summed E-state index contributed by atoms with van der Waals surface area (Å²) in [5.41, 5.74) is 1.01. The molecule has 5 heteroatoms. The SMILES string of the molecule is CNc1nccc(N(C)Cc2ccccn2)n1. The van der Waals surface area contributed by atoms with E-state index in [1.807, 2.05) is 36.2 Å². The zero-order valence-electron chi connectivity index (χ0n) is 9.96. The van der Waals surface area contributed by atoms with E-state index in [2.05, 4.69) is 20.3 Å². The zero-order valence-corrected chi connectivity index (χ0v) is 9.96. The number of anilines is 2. The molecule has 0 saturated heterocycles. The fraction of sp³-hybridized carbons (Fsp3) is 0.250. The van der Waals surface area contributed by atoms with Gasteiger partial charge in [-0.25, -0.2) is 4.98 Å². The summed E-state index contributed by atoms with van der Waals surface area (Å²) in [6.45, 7) is 0.723. The second kappa shape index (κ2) is 5.25. The smallest absolute Gasteiger partial charge is 0.224 e. The Morgan fingerprint density at radius 2 is 2.06 bits per heavy atom. The summed E-state index contributed by atoms with van der Waals surface area (Å²) in [4.78, 5) is 14.8. The van der Waals surface area contributed by atoms with E-state index in [0.29, 0.717) is 5.95 Å². The van der Waals surface area contributed by atoms with Crippen LogP contribution in [0.5, 0.6) is 0 Å². The van der Waals surface area contributed by atoms with Gasteiger partial charge in [-0.2, -0.15) is 4.98 Å². The maximum Gasteiger partial charge on any atom is 0.224 e. The van der Waals surface area contributed by atoms with Gasteiger partial charge in [-0.05, 0) is 18.2 Å². The Labute approximate surface area is 101 Å². The van der Waals surface area contributed by atoms with Crippen LogP contribution in [-0.2, 0) is 6.54 Å². The minimum absolute atomic E-state index is 0.621. The van der Waals surface area contributed by atoms with E-state index in [1.54, 1.807) is 19.4 Å². The quantitative estimate of drug-likeness (QED) is 0.862. The fourth-order valence-electron chi connectivity index (χ4n) is 1.50. The lowest BCUT2D eigenvalue weighted by molar-refractivity contribution is 0.862. The van der Waals surface area contributed by atoms with Crippen molar-refractivity contribution in [1.29, 1.82) is 0 Å². The van der Waals surface area contributed by atoms with E-state index in [-0.39, 0.29) is 0 Å². The van der Waals surface area contributed by atoms with E-state index in [0.717, 1.165) is 18.1 Å². The zero-order chi connectivity index (χ0) is 12.1. The predicted octanol–water partition coefficient (Wildman–Crippen LogP) is 1.55. The molecule has 0 atom stereocenters. The molecule has 0 amide bonds. The standard InChI is InChI=1S/C12H15N5/c1-13-12-15-8-6-11(16-12)17(2)9-10-5-3-4-7-14-10/h3-8H,9H2,1-2H3,(H,13,15,16). The number of hydrogen-bond donors (Lipinski definition) is 1. The highest BCUT2D eigenvalue weighted by Crippen LogP contribution is 2.12. The molecule has 0 aromatic carbocycles.